The standard InChI is InChI=1S/C29H30FN9O6/c1-15(33-28(43)45-29(2,3)4)26(41)44-14-38-25(40)21(36-27(38)42)10-17-13-32-39-23(34-18-6-7-18)11-22(37-24(17)39)35-20-8-5-16(12-31)9-19(20)30/h5,8-11,13,15,18,35,40H,6-7,14H2,1-4H3,(H,33,43)(H,36,42)/t15-/m0/s1. The first-order valence-corrected chi connectivity index (χ1v) is 13.9. The number of aromatic hydroxyl groups is 1. The van der Waals surface area contributed by atoms with E-state index < -0.39 is 47.8 Å². The van der Waals surface area contributed by atoms with Gasteiger partial charge in [0.2, 0.25) is 5.88 Å². The van der Waals surface area contributed by atoms with Gasteiger partial charge in [-0.15, -0.1) is 0 Å². The summed E-state index contributed by atoms with van der Waals surface area (Å²) < 4.78 is 27.1. The molecule has 3 heterocycles. The predicted octanol–water partition coefficient (Wildman–Crippen LogP) is 1.70. The number of esters is 1. The Bertz CT molecular complexity index is 2010. The number of amides is 1. The number of nitrogens with zero attached hydrogens (tertiary/aromatic N) is 6. The number of alkyl carbamates (subject to hydrolysis) is 1. The molecule has 1 aromatic carbocycles. The molecule has 3 aromatic heterocycles. The number of rotatable bonds is 8. The lowest BCUT2D eigenvalue weighted by Gasteiger charge is -2.21. The smallest absolute Gasteiger partial charge is 0.408 e. The van der Waals surface area contributed by atoms with Gasteiger partial charge < -0.3 is 30.2 Å². The number of hydrogen-bond acceptors (Lipinski definition) is 11. The fraction of sp³-hybridized carbons (Fsp3) is 0.345. The van der Waals surface area contributed by atoms with E-state index in [9.17, 15) is 23.9 Å². The topological polar surface area (TPSA) is 201 Å². The summed E-state index contributed by atoms with van der Waals surface area (Å²) in [5, 5.41) is 29.8. The van der Waals surface area contributed by atoms with E-state index in [0.717, 1.165) is 23.5 Å². The van der Waals surface area contributed by atoms with E-state index in [0.29, 0.717) is 10.7 Å². The van der Waals surface area contributed by atoms with Gasteiger partial charge >= 0.3 is 17.8 Å². The molecule has 45 heavy (non-hydrogen) atoms. The largest absolute Gasteiger partial charge is 0.493 e. The molecule has 0 bridgehead atoms. The molecule has 15 nitrogen and oxygen atoms in total. The molecule has 1 atom stereocenters. The Labute approximate surface area is 254 Å². The van der Waals surface area contributed by atoms with Crippen molar-refractivity contribution in [2.24, 2.45) is 4.99 Å². The van der Waals surface area contributed by atoms with Crippen LogP contribution in [0.2, 0.25) is 0 Å². The van der Waals surface area contributed by atoms with E-state index in [2.05, 4.69) is 30.7 Å². The zero-order chi connectivity index (χ0) is 32.5. The Morgan fingerprint density at radius 1 is 1.33 bits per heavy atom. The number of anilines is 2. The number of aromatic nitrogens is 5. The van der Waals surface area contributed by atoms with E-state index in [4.69, 9.17) is 14.7 Å². The van der Waals surface area contributed by atoms with Crippen LogP contribution < -0.4 is 27.0 Å². The molecule has 1 saturated carbocycles. The van der Waals surface area contributed by atoms with Crippen LogP contribution in [0.3, 0.4) is 0 Å². The van der Waals surface area contributed by atoms with E-state index in [1.165, 1.54) is 35.8 Å². The summed E-state index contributed by atoms with van der Waals surface area (Å²) >= 11 is 0. The first-order valence-electron chi connectivity index (χ1n) is 13.9. The van der Waals surface area contributed by atoms with Crippen molar-refractivity contribution in [1.29, 1.82) is 5.26 Å². The summed E-state index contributed by atoms with van der Waals surface area (Å²) in [7, 11) is 0. The van der Waals surface area contributed by atoms with Gasteiger partial charge in [0.1, 0.15) is 29.0 Å². The maximum Gasteiger partial charge on any atom is 0.408 e. The minimum Gasteiger partial charge on any atom is -0.493 e. The number of H-pyrrole nitrogens is 1. The third kappa shape index (κ3) is 7.26. The van der Waals surface area contributed by atoms with Crippen molar-refractivity contribution in [3.63, 3.8) is 0 Å². The van der Waals surface area contributed by atoms with Crippen molar-refractivity contribution >= 4 is 35.3 Å². The van der Waals surface area contributed by atoms with Gasteiger partial charge in [0.15, 0.2) is 17.9 Å². The van der Waals surface area contributed by atoms with E-state index in [1.807, 2.05) is 6.07 Å². The number of halogens is 1. The summed E-state index contributed by atoms with van der Waals surface area (Å²) in [4.78, 5) is 48.7. The maximum atomic E-state index is 14.6. The minimum atomic E-state index is -1.09. The summed E-state index contributed by atoms with van der Waals surface area (Å²) in [6, 6.07) is 6.52. The Balaban J connectivity index is 1.41. The molecule has 0 aliphatic heterocycles. The van der Waals surface area contributed by atoms with Crippen molar-refractivity contribution in [3.05, 3.63) is 68.7 Å². The molecule has 1 aliphatic carbocycles. The normalized spacial score (nSPS) is 14.7. The summed E-state index contributed by atoms with van der Waals surface area (Å²) in [6.45, 7) is 5.75. The highest BCUT2D eigenvalue weighted by Gasteiger charge is 2.23. The molecule has 0 saturated heterocycles. The highest BCUT2D eigenvalue weighted by Crippen LogP contribution is 2.23. The molecular formula is C29H30FN9O6. The summed E-state index contributed by atoms with van der Waals surface area (Å²) in [5.41, 5.74) is -0.559. The van der Waals surface area contributed by atoms with Crippen LogP contribution >= 0.6 is 0 Å². The van der Waals surface area contributed by atoms with Gasteiger partial charge in [0.05, 0.1) is 29.6 Å². The fourth-order valence-electron chi connectivity index (χ4n) is 4.09. The van der Waals surface area contributed by atoms with Crippen LogP contribution in [0.1, 0.15) is 51.8 Å². The number of nitriles is 1. The molecule has 234 valence electrons. The number of carbonyl (C=O) groups is 2. The lowest BCUT2D eigenvalue weighted by Crippen LogP contribution is -2.42. The van der Waals surface area contributed by atoms with Crippen LogP contribution in [0.15, 0.2) is 40.2 Å². The Morgan fingerprint density at radius 2 is 2.09 bits per heavy atom. The number of hydrogen-bond donors (Lipinski definition) is 4. The van der Waals surface area contributed by atoms with Gasteiger partial charge in [-0.25, -0.2) is 28.3 Å². The molecule has 16 heteroatoms. The Kier molecular flexibility index (Phi) is 8.27. The molecule has 0 unspecified atom stereocenters. The first kappa shape index (κ1) is 30.7. The first-order chi connectivity index (χ1) is 21.3. The van der Waals surface area contributed by atoms with Crippen molar-refractivity contribution in [1.82, 2.24) is 29.5 Å². The van der Waals surface area contributed by atoms with Crippen LogP contribution in [0, 0.1) is 17.1 Å². The van der Waals surface area contributed by atoms with Crippen LogP contribution in [0.25, 0.3) is 11.7 Å². The third-order valence-electron chi connectivity index (χ3n) is 6.41. The molecule has 1 amide bonds. The van der Waals surface area contributed by atoms with Crippen LogP contribution in [-0.4, -0.2) is 59.0 Å². The molecule has 4 aromatic rings. The number of aromatic amines is 1. The van der Waals surface area contributed by atoms with Crippen molar-refractivity contribution < 1.29 is 28.6 Å². The molecule has 0 radical (unpaired) electrons. The second kappa shape index (κ2) is 12.1. The van der Waals surface area contributed by atoms with Gasteiger partial charge in [-0.1, -0.05) is 0 Å². The average molecular weight is 620 g/mol. The number of benzene rings is 1. The maximum absolute atomic E-state index is 14.6. The quantitative estimate of drug-likeness (QED) is 0.210. The van der Waals surface area contributed by atoms with Crippen LogP contribution in [0.4, 0.5) is 20.7 Å². The number of ether oxygens (including phenoxy) is 2. The van der Waals surface area contributed by atoms with E-state index in [-0.39, 0.29) is 34.5 Å². The third-order valence-corrected chi connectivity index (χ3v) is 6.41. The van der Waals surface area contributed by atoms with Gasteiger partial charge in [0, 0.05) is 11.3 Å². The summed E-state index contributed by atoms with van der Waals surface area (Å²) in [6.07, 6.45) is 3.89. The SMILES string of the molecule is C[C@H](NC(=O)OC(C)(C)C)C(=O)OCn1c(O)c(C=c2cnn3c(=NC4CC4)cc(Nc4ccc(C#N)cc4F)nc23)[nH]c1=O. The molecule has 0 spiro atoms. The zero-order valence-corrected chi connectivity index (χ0v) is 24.8. The molecule has 1 fully saturated rings. The minimum absolute atomic E-state index is 0.0233. The lowest BCUT2D eigenvalue weighted by atomic mass is 10.2. The molecule has 4 N–H and O–H groups in total. The van der Waals surface area contributed by atoms with Crippen molar-refractivity contribution in [2.75, 3.05) is 5.32 Å². The molecule has 1 aliphatic rings. The number of nitrogens with one attached hydrogen (secondary N) is 3. The highest BCUT2D eigenvalue weighted by atomic mass is 19.1. The number of fused-ring (bicyclic) bond motifs is 1. The van der Waals surface area contributed by atoms with Crippen molar-refractivity contribution in [2.45, 2.75) is 65.0 Å². The van der Waals surface area contributed by atoms with E-state index in [1.54, 1.807) is 26.8 Å². The summed E-state index contributed by atoms with van der Waals surface area (Å²) in [5.74, 6) is -1.79. The van der Waals surface area contributed by atoms with Gasteiger partial charge in [0.25, 0.3) is 0 Å². The van der Waals surface area contributed by atoms with E-state index >= 15 is 0 Å². The molecule has 5 rings (SSSR count). The van der Waals surface area contributed by atoms with Gasteiger partial charge in [-0.2, -0.15) is 14.9 Å². The zero-order valence-electron chi connectivity index (χ0n) is 24.8. The van der Waals surface area contributed by atoms with Gasteiger partial charge in [-0.3, -0.25) is 4.99 Å². The monoisotopic (exact) mass is 619 g/mol. The fourth-order valence-corrected chi connectivity index (χ4v) is 4.09. The lowest BCUT2D eigenvalue weighted by molar-refractivity contribution is -0.149. The molecular weight excluding hydrogens is 589 g/mol. The van der Waals surface area contributed by atoms with Crippen molar-refractivity contribution in [3.8, 4) is 11.9 Å². The predicted molar refractivity (Wildman–Crippen MR) is 156 cm³/mol. The Morgan fingerprint density at radius 3 is 2.76 bits per heavy atom. The Hall–Kier alpha value is -5.72. The number of carbonyl (C=O) groups excluding carboxylic acids is 2. The second-order valence-electron chi connectivity index (χ2n) is 11.3. The van der Waals surface area contributed by atoms with Gasteiger partial charge in [-0.05, 0) is 64.8 Å². The average Bonchev–Trinajstić information content (AvgIpc) is 3.63. The second-order valence-corrected chi connectivity index (χ2v) is 11.3. The van der Waals surface area contributed by atoms with Crippen LogP contribution in [0.5, 0.6) is 5.88 Å². The number of imidazole rings is 1. The van der Waals surface area contributed by atoms with Crippen LogP contribution in [-0.2, 0) is 21.0 Å². The highest BCUT2D eigenvalue weighted by molar-refractivity contribution is 5.81.